The molecule has 1 aromatic carbocycles. The number of rotatable bonds is 2. The number of nitro groups is 1. The molecule has 1 spiro atoms. The molecule has 0 aromatic heterocycles. The monoisotopic (exact) mass is 263 g/mol. The van der Waals surface area contributed by atoms with Gasteiger partial charge in [-0.25, -0.2) is 0 Å². The van der Waals surface area contributed by atoms with Gasteiger partial charge in [0.05, 0.1) is 18.1 Å². The largest absolute Gasteiger partial charge is 0.348 e. The topological polar surface area (TPSA) is 61.6 Å². The van der Waals surface area contributed by atoms with Gasteiger partial charge < -0.3 is 9.47 Å². The number of hydrogen-bond donors (Lipinski definition) is 0. The molecule has 1 aliphatic carbocycles. The molecule has 3 rings (SSSR count). The molecule has 1 saturated heterocycles. The third kappa shape index (κ3) is 2.48. The van der Waals surface area contributed by atoms with E-state index in [1.165, 1.54) is 5.56 Å². The molecule has 1 aliphatic heterocycles. The predicted molar refractivity (Wildman–Crippen MR) is 68.9 cm³/mol. The molecular formula is C14H17NO4. The van der Waals surface area contributed by atoms with Crippen LogP contribution in [0, 0.1) is 10.1 Å². The number of hydrogen-bond acceptors (Lipinski definition) is 4. The summed E-state index contributed by atoms with van der Waals surface area (Å²) in [6, 6.07) is 6.92. The second-order valence-corrected chi connectivity index (χ2v) is 5.23. The lowest BCUT2D eigenvalue weighted by molar-refractivity contribution is -0.384. The van der Waals surface area contributed by atoms with Crippen molar-refractivity contribution < 1.29 is 14.4 Å². The van der Waals surface area contributed by atoms with E-state index in [9.17, 15) is 10.1 Å². The van der Waals surface area contributed by atoms with Crippen LogP contribution in [0.25, 0.3) is 0 Å². The average molecular weight is 263 g/mol. The molecule has 0 atom stereocenters. The third-order valence-corrected chi connectivity index (χ3v) is 4.14. The quantitative estimate of drug-likeness (QED) is 0.608. The molecule has 5 nitrogen and oxygen atoms in total. The van der Waals surface area contributed by atoms with Gasteiger partial charge in [-0.2, -0.15) is 0 Å². The van der Waals surface area contributed by atoms with Gasteiger partial charge in [0.1, 0.15) is 0 Å². The first-order chi connectivity index (χ1) is 9.19. The van der Waals surface area contributed by atoms with Gasteiger partial charge >= 0.3 is 0 Å². The highest BCUT2D eigenvalue weighted by atomic mass is 16.7. The Kier molecular flexibility index (Phi) is 3.24. The van der Waals surface area contributed by atoms with Gasteiger partial charge in [0, 0.05) is 25.0 Å². The van der Waals surface area contributed by atoms with Gasteiger partial charge in [0.2, 0.25) is 0 Å². The van der Waals surface area contributed by atoms with Crippen LogP contribution in [-0.4, -0.2) is 23.9 Å². The normalized spacial score (nSPS) is 22.7. The second kappa shape index (κ2) is 4.90. The number of nitro benzene ring substituents is 1. The fraction of sp³-hybridized carbons (Fsp3) is 0.571. The number of ether oxygens (including phenoxy) is 2. The van der Waals surface area contributed by atoms with Crippen LogP contribution >= 0.6 is 0 Å². The minimum Gasteiger partial charge on any atom is -0.348 e. The summed E-state index contributed by atoms with van der Waals surface area (Å²) >= 11 is 0. The molecule has 0 amide bonds. The molecule has 2 aliphatic rings. The minimum absolute atomic E-state index is 0.151. The van der Waals surface area contributed by atoms with Crippen molar-refractivity contribution >= 4 is 5.69 Å². The van der Waals surface area contributed by atoms with Crippen molar-refractivity contribution in [1.82, 2.24) is 0 Å². The van der Waals surface area contributed by atoms with Gasteiger partial charge in [0.25, 0.3) is 5.69 Å². The fourth-order valence-electron chi connectivity index (χ4n) is 3.04. The first kappa shape index (κ1) is 12.6. The minimum atomic E-state index is -0.361. The van der Waals surface area contributed by atoms with Crippen LogP contribution in [0.2, 0.25) is 0 Å². The highest BCUT2D eigenvalue weighted by Crippen LogP contribution is 2.42. The molecule has 0 unspecified atom stereocenters. The van der Waals surface area contributed by atoms with E-state index in [0.717, 1.165) is 25.7 Å². The lowest BCUT2D eigenvalue weighted by atomic mass is 9.81. The summed E-state index contributed by atoms with van der Waals surface area (Å²) < 4.78 is 11.4. The van der Waals surface area contributed by atoms with E-state index in [-0.39, 0.29) is 16.4 Å². The van der Waals surface area contributed by atoms with Crippen LogP contribution in [-0.2, 0) is 9.47 Å². The lowest BCUT2D eigenvalue weighted by Crippen LogP contribution is -2.34. The Morgan fingerprint density at radius 1 is 1.11 bits per heavy atom. The maximum absolute atomic E-state index is 10.6. The number of nitrogens with zero attached hydrogens (tertiary/aromatic N) is 1. The van der Waals surface area contributed by atoms with Gasteiger partial charge in [-0.05, 0) is 24.3 Å². The number of benzene rings is 1. The molecule has 19 heavy (non-hydrogen) atoms. The van der Waals surface area contributed by atoms with Gasteiger partial charge in [-0.1, -0.05) is 12.1 Å². The van der Waals surface area contributed by atoms with Crippen LogP contribution in [0.15, 0.2) is 24.3 Å². The van der Waals surface area contributed by atoms with Gasteiger partial charge in [0.15, 0.2) is 5.79 Å². The smallest absolute Gasteiger partial charge is 0.269 e. The van der Waals surface area contributed by atoms with E-state index in [1.54, 1.807) is 12.1 Å². The summed E-state index contributed by atoms with van der Waals surface area (Å²) in [5, 5.41) is 10.6. The summed E-state index contributed by atoms with van der Waals surface area (Å²) in [7, 11) is 0. The zero-order chi connectivity index (χ0) is 13.3. The van der Waals surface area contributed by atoms with E-state index >= 15 is 0 Å². The maximum Gasteiger partial charge on any atom is 0.269 e. The zero-order valence-corrected chi connectivity index (χ0v) is 10.7. The SMILES string of the molecule is O=[N+]([O-])c1ccc(C2CCC3(CC2)OCCO3)cc1. The van der Waals surface area contributed by atoms with Crippen molar-refractivity contribution in [3.63, 3.8) is 0 Å². The summed E-state index contributed by atoms with van der Waals surface area (Å²) in [6.07, 6.45) is 3.85. The van der Waals surface area contributed by atoms with Crippen molar-refractivity contribution in [1.29, 1.82) is 0 Å². The first-order valence-corrected chi connectivity index (χ1v) is 6.71. The molecule has 1 aromatic rings. The Bertz CT molecular complexity index is 455. The summed E-state index contributed by atoms with van der Waals surface area (Å²) in [4.78, 5) is 10.3. The van der Waals surface area contributed by atoms with Gasteiger partial charge in [-0.15, -0.1) is 0 Å². The van der Waals surface area contributed by atoms with Crippen LogP contribution < -0.4 is 0 Å². The average Bonchev–Trinajstić information content (AvgIpc) is 2.88. The Morgan fingerprint density at radius 2 is 1.68 bits per heavy atom. The van der Waals surface area contributed by atoms with E-state index in [0.29, 0.717) is 19.1 Å². The van der Waals surface area contributed by atoms with Crippen molar-refractivity contribution in [3.05, 3.63) is 39.9 Å². The Hall–Kier alpha value is -1.46. The summed E-state index contributed by atoms with van der Waals surface area (Å²) in [5.74, 6) is 0.122. The van der Waals surface area contributed by atoms with E-state index < -0.39 is 0 Å². The van der Waals surface area contributed by atoms with Crippen LogP contribution in [0.4, 0.5) is 5.69 Å². The van der Waals surface area contributed by atoms with E-state index in [4.69, 9.17) is 9.47 Å². The van der Waals surface area contributed by atoms with Crippen LogP contribution in [0.5, 0.6) is 0 Å². The summed E-state index contributed by atoms with van der Waals surface area (Å²) in [5.41, 5.74) is 1.33. The standard InChI is InChI=1S/C14H17NO4/c16-15(17)13-3-1-11(2-4-13)12-5-7-14(8-6-12)18-9-10-19-14/h1-4,12H,5-10H2. The summed E-state index contributed by atoms with van der Waals surface area (Å²) in [6.45, 7) is 1.39. The zero-order valence-electron chi connectivity index (χ0n) is 10.7. The molecule has 0 N–H and O–H groups in total. The first-order valence-electron chi connectivity index (χ1n) is 6.71. The molecule has 1 saturated carbocycles. The van der Waals surface area contributed by atoms with Crippen LogP contribution in [0.3, 0.4) is 0 Å². The highest BCUT2D eigenvalue weighted by Gasteiger charge is 2.40. The van der Waals surface area contributed by atoms with Crippen molar-refractivity contribution in [2.24, 2.45) is 0 Å². The van der Waals surface area contributed by atoms with Crippen molar-refractivity contribution in [3.8, 4) is 0 Å². The molecule has 0 radical (unpaired) electrons. The third-order valence-electron chi connectivity index (χ3n) is 4.14. The number of non-ortho nitro benzene ring substituents is 1. The second-order valence-electron chi connectivity index (χ2n) is 5.23. The Labute approximate surface area is 111 Å². The van der Waals surface area contributed by atoms with Gasteiger partial charge in [-0.3, -0.25) is 10.1 Å². The maximum atomic E-state index is 10.6. The predicted octanol–water partition coefficient (Wildman–Crippen LogP) is 3.00. The lowest BCUT2D eigenvalue weighted by Gasteiger charge is -2.35. The fourth-order valence-corrected chi connectivity index (χ4v) is 3.04. The Balaban J connectivity index is 1.66. The van der Waals surface area contributed by atoms with E-state index in [1.807, 2.05) is 12.1 Å². The molecular weight excluding hydrogens is 246 g/mol. The molecule has 1 heterocycles. The van der Waals surface area contributed by atoms with Crippen molar-refractivity contribution in [2.45, 2.75) is 37.4 Å². The van der Waals surface area contributed by atoms with Crippen molar-refractivity contribution in [2.75, 3.05) is 13.2 Å². The molecule has 2 fully saturated rings. The van der Waals surface area contributed by atoms with Crippen LogP contribution in [0.1, 0.15) is 37.2 Å². The molecule has 0 bridgehead atoms. The molecule has 102 valence electrons. The Morgan fingerprint density at radius 3 is 2.21 bits per heavy atom. The molecule has 5 heteroatoms. The van der Waals surface area contributed by atoms with E-state index in [2.05, 4.69) is 0 Å². The highest BCUT2D eigenvalue weighted by molar-refractivity contribution is 5.34.